The molecule has 1 aliphatic rings. The molecule has 1 heteroatoms. The Kier molecular flexibility index (Phi) is 1.55. The summed E-state index contributed by atoms with van der Waals surface area (Å²) < 4.78 is 0. The predicted octanol–water partition coefficient (Wildman–Crippen LogP) is 1.77. The van der Waals surface area contributed by atoms with Gasteiger partial charge in [0.2, 0.25) is 0 Å². The molecule has 54 valence electrons. The zero-order chi connectivity index (χ0) is 7.07. The van der Waals surface area contributed by atoms with Gasteiger partial charge in [-0.15, -0.1) is 0 Å². The molecule has 0 aromatic heterocycles. The summed E-state index contributed by atoms with van der Waals surface area (Å²) in [6.45, 7) is 6.75. The molecule has 0 radical (unpaired) electrons. The first-order chi connectivity index (χ1) is 4.01. The maximum absolute atomic E-state index is 5.96. The molecule has 1 aliphatic carbocycles. The van der Waals surface area contributed by atoms with E-state index in [2.05, 4.69) is 20.8 Å². The van der Waals surface area contributed by atoms with Gasteiger partial charge in [0.15, 0.2) is 0 Å². The third-order valence-electron chi connectivity index (χ3n) is 2.55. The van der Waals surface area contributed by atoms with Crippen molar-refractivity contribution in [3.05, 3.63) is 0 Å². The minimum absolute atomic E-state index is 0.138. The molecule has 0 heterocycles. The van der Waals surface area contributed by atoms with Crippen molar-refractivity contribution in [1.82, 2.24) is 0 Å². The SMILES string of the molecule is C[C@@H]1CC(C)(N)C[C@@H]1C. The summed E-state index contributed by atoms with van der Waals surface area (Å²) in [5.41, 5.74) is 6.10. The van der Waals surface area contributed by atoms with Crippen molar-refractivity contribution in [3.63, 3.8) is 0 Å². The van der Waals surface area contributed by atoms with Gasteiger partial charge in [-0.2, -0.15) is 0 Å². The summed E-state index contributed by atoms with van der Waals surface area (Å²) in [5.74, 6) is 1.67. The molecule has 9 heavy (non-hydrogen) atoms. The van der Waals surface area contributed by atoms with E-state index in [-0.39, 0.29) is 5.54 Å². The number of hydrogen-bond donors (Lipinski definition) is 1. The van der Waals surface area contributed by atoms with Crippen molar-refractivity contribution in [2.75, 3.05) is 0 Å². The van der Waals surface area contributed by atoms with E-state index in [4.69, 9.17) is 5.73 Å². The van der Waals surface area contributed by atoms with Crippen molar-refractivity contribution in [3.8, 4) is 0 Å². The van der Waals surface area contributed by atoms with Crippen LogP contribution in [0.1, 0.15) is 33.6 Å². The van der Waals surface area contributed by atoms with Gasteiger partial charge in [-0.1, -0.05) is 13.8 Å². The minimum atomic E-state index is 0.138. The molecule has 2 N–H and O–H groups in total. The maximum Gasteiger partial charge on any atom is 0.0131 e. The monoisotopic (exact) mass is 127 g/mol. The lowest BCUT2D eigenvalue weighted by Crippen LogP contribution is -2.32. The molecule has 0 amide bonds. The largest absolute Gasteiger partial charge is 0.325 e. The smallest absolute Gasteiger partial charge is 0.0131 e. The molecular formula is C8H17N. The predicted molar refractivity (Wildman–Crippen MR) is 40.2 cm³/mol. The van der Waals surface area contributed by atoms with Gasteiger partial charge in [0, 0.05) is 5.54 Å². The average molecular weight is 127 g/mol. The molecule has 0 bridgehead atoms. The molecule has 1 nitrogen and oxygen atoms in total. The van der Waals surface area contributed by atoms with Gasteiger partial charge in [-0.25, -0.2) is 0 Å². The third-order valence-corrected chi connectivity index (χ3v) is 2.55. The van der Waals surface area contributed by atoms with Crippen molar-refractivity contribution in [2.24, 2.45) is 17.6 Å². The lowest BCUT2D eigenvalue weighted by molar-refractivity contribution is 0.457. The van der Waals surface area contributed by atoms with Crippen LogP contribution in [0.25, 0.3) is 0 Å². The van der Waals surface area contributed by atoms with Gasteiger partial charge in [-0.05, 0) is 31.6 Å². The Hall–Kier alpha value is -0.0400. The Bertz CT molecular complexity index is 95.1. The zero-order valence-corrected chi connectivity index (χ0v) is 6.65. The van der Waals surface area contributed by atoms with E-state index in [0.29, 0.717) is 0 Å². The van der Waals surface area contributed by atoms with Crippen LogP contribution in [-0.2, 0) is 0 Å². The highest BCUT2D eigenvalue weighted by Gasteiger charge is 2.34. The quantitative estimate of drug-likeness (QED) is 0.527. The van der Waals surface area contributed by atoms with Crippen LogP contribution in [0.2, 0.25) is 0 Å². The van der Waals surface area contributed by atoms with Gasteiger partial charge < -0.3 is 5.73 Å². The molecule has 1 fully saturated rings. The number of rotatable bonds is 0. The Labute approximate surface area is 57.6 Å². The van der Waals surface area contributed by atoms with Crippen LogP contribution in [-0.4, -0.2) is 5.54 Å². The van der Waals surface area contributed by atoms with E-state index in [1.807, 2.05) is 0 Å². The lowest BCUT2D eigenvalue weighted by Gasteiger charge is -2.15. The highest BCUT2D eigenvalue weighted by molar-refractivity contribution is 4.91. The van der Waals surface area contributed by atoms with Crippen LogP contribution < -0.4 is 5.73 Å². The highest BCUT2D eigenvalue weighted by atomic mass is 14.7. The van der Waals surface area contributed by atoms with Crippen molar-refractivity contribution in [2.45, 2.75) is 39.2 Å². The Balaban J connectivity index is 2.54. The fraction of sp³-hybridized carbons (Fsp3) is 1.00. The van der Waals surface area contributed by atoms with Gasteiger partial charge >= 0.3 is 0 Å². The van der Waals surface area contributed by atoms with E-state index < -0.39 is 0 Å². The molecule has 0 aromatic carbocycles. The fourth-order valence-electron chi connectivity index (χ4n) is 1.96. The fourth-order valence-corrected chi connectivity index (χ4v) is 1.96. The first-order valence-electron chi connectivity index (χ1n) is 3.80. The standard InChI is InChI=1S/C8H17N/c1-6-4-8(3,9)5-7(6)2/h6-7H,4-5,9H2,1-3H3/t6-,7+,8?. The van der Waals surface area contributed by atoms with Crippen LogP contribution in [0, 0.1) is 11.8 Å². The Morgan fingerprint density at radius 1 is 1.22 bits per heavy atom. The normalized spacial score (nSPS) is 52.0. The number of nitrogens with two attached hydrogens (primary N) is 1. The topological polar surface area (TPSA) is 26.0 Å². The summed E-state index contributed by atoms with van der Waals surface area (Å²) in [5, 5.41) is 0. The lowest BCUT2D eigenvalue weighted by atomic mass is 10.0. The van der Waals surface area contributed by atoms with Crippen LogP contribution in [0.5, 0.6) is 0 Å². The van der Waals surface area contributed by atoms with Gasteiger partial charge in [0.1, 0.15) is 0 Å². The van der Waals surface area contributed by atoms with Crippen LogP contribution in [0.4, 0.5) is 0 Å². The Morgan fingerprint density at radius 2 is 1.56 bits per heavy atom. The second-order valence-corrected chi connectivity index (χ2v) is 4.02. The summed E-state index contributed by atoms with van der Waals surface area (Å²) in [4.78, 5) is 0. The van der Waals surface area contributed by atoms with E-state index in [1.165, 1.54) is 12.8 Å². The molecule has 0 aromatic rings. The zero-order valence-electron chi connectivity index (χ0n) is 6.65. The molecule has 1 unspecified atom stereocenters. The molecule has 0 saturated heterocycles. The second-order valence-electron chi connectivity index (χ2n) is 4.02. The summed E-state index contributed by atoms with van der Waals surface area (Å²) in [7, 11) is 0. The summed E-state index contributed by atoms with van der Waals surface area (Å²) in [6.07, 6.45) is 2.41. The Morgan fingerprint density at radius 3 is 1.67 bits per heavy atom. The number of hydrogen-bond acceptors (Lipinski definition) is 1. The van der Waals surface area contributed by atoms with Crippen molar-refractivity contribution >= 4 is 0 Å². The van der Waals surface area contributed by atoms with E-state index in [0.717, 1.165) is 11.8 Å². The van der Waals surface area contributed by atoms with Gasteiger partial charge in [0.05, 0.1) is 0 Å². The summed E-state index contributed by atoms with van der Waals surface area (Å²) in [6, 6.07) is 0. The summed E-state index contributed by atoms with van der Waals surface area (Å²) >= 11 is 0. The van der Waals surface area contributed by atoms with Crippen molar-refractivity contribution < 1.29 is 0 Å². The van der Waals surface area contributed by atoms with Gasteiger partial charge in [0.25, 0.3) is 0 Å². The van der Waals surface area contributed by atoms with Crippen LogP contribution >= 0.6 is 0 Å². The minimum Gasteiger partial charge on any atom is -0.325 e. The maximum atomic E-state index is 5.96. The van der Waals surface area contributed by atoms with Crippen molar-refractivity contribution in [1.29, 1.82) is 0 Å². The molecule has 0 aliphatic heterocycles. The van der Waals surface area contributed by atoms with Crippen LogP contribution in [0.15, 0.2) is 0 Å². The van der Waals surface area contributed by atoms with E-state index in [1.54, 1.807) is 0 Å². The molecule has 0 spiro atoms. The first-order valence-corrected chi connectivity index (χ1v) is 3.80. The average Bonchev–Trinajstić information content (AvgIpc) is 1.79. The van der Waals surface area contributed by atoms with E-state index >= 15 is 0 Å². The third kappa shape index (κ3) is 1.45. The van der Waals surface area contributed by atoms with E-state index in [9.17, 15) is 0 Å². The van der Waals surface area contributed by atoms with Gasteiger partial charge in [-0.3, -0.25) is 0 Å². The van der Waals surface area contributed by atoms with Crippen LogP contribution in [0.3, 0.4) is 0 Å². The molecule has 3 atom stereocenters. The highest BCUT2D eigenvalue weighted by Crippen LogP contribution is 2.36. The molecule has 1 saturated carbocycles. The first kappa shape index (κ1) is 7.07. The second kappa shape index (κ2) is 1.98. The molecular weight excluding hydrogens is 110 g/mol. The molecule has 1 rings (SSSR count).